The van der Waals surface area contributed by atoms with E-state index in [0.29, 0.717) is 12.5 Å². The molecule has 5 rings (SSSR count). The number of nitrogens with zero attached hydrogens (tertiary/aromatic N) is 2. The number of likely N-dealkylation sites (tertiary alicyclic amines) is 1. The highest BCUT2D eigenvalue weighted by atomic mass is 16.6. The number of hydrogen-bond acceptors (Lipinski definition) is 4. The van der Waals surface area contributed by atoms with E-state index in [9.17, 15) is 4.79 Å². The molecular formula is C29H38N2O3. The van der Waals surface area contributed by atoms with Crippen molar-refractivity contribution in [2.45, 2.75) is 69.9 Å². The summed E-state index contributed by atoms with van der Waals surface area (Å²) in [7, 11) is 3.93. The van der Waals surface area contributed by atoms with E-state index in [2.05, 4.69) is 35.9 Å². The van der Waals surface area contributed by atoms with Crippen LogP contribution in [0.4, 0.5) is 10.5 Å². The van der Waals surface area contributed by atoms with Crippen LogP contribution in [0.5, 0.6) is 5.75 Å². The van der Waals surface area contributed by atoms with Crippen LogP contribution < -0.4 is 9.64 Å². The standard InChI is InChI=1S/C29H38N2O3/c1-4-15-30(2)26-18-22-17-25-23-12-8-9-13-29(23,24(22)19-27(26)33-3)14-16-31(25)28(32)34-20-21-10-6-5-7-11-21/h5-7,10-11,18-19,23,25H,4,8-9,12-17,20H2,1-3H3/t23-,25+,29+/m0/s1. The molecule has 5 nitrogen and oxygen atoms in total. The minimum atomic E-state index is -0.159. The highest BCUT2D eigenvalue weighted by Crippen LogP contribution is 2.57. The summed E-state index contributed by atoms with van der Waals surface area (Å²) >= 11 is 0. The smallest absolute Gasteiger partial charge is 0.410 e. The van der Waals surface area contributed by atoms with Gasteiger partial charge in [0.1, 0.15) is 12.4 Å². The molecule has 1 saturated heterocycles. The minimum Gasteiger partial charge on any atom is -0.495 e. The number of rotatable bonds is 6. The zero-order valence-electron chi connectivity index (χ0n) is 20.9. The van der Waals surface area contributed by atoms with Gasteiger partial charge < -0.3 is 19.3 Å². The first-order chi connectivity index (χ1) is 16.6. The van der Waals surface area contributed by atoms with Crippen molar-refractivity contribution < 1.29 is 14.3 Å². The number of methoxy groups -OCH3 is 1. The molecule has 0 spiro atoms. The van der Waals surface area contributed by atoms with Gasteiger partial charge in [0.15, 0.2) is 0 Å². The second kappa shape index (κ2) is 9.52. The maximum absolute atomic E-state index is 13.3. The zero-order valence-corrected chi connectivity index (χ0v) is 20.9. The summed E-state index contributed by atoms with van der Waals surface area (Å²) in [6, 6.07) is 14.9. The van der Waals surface area contributed by atoms with Crippen molar-refractivity contribution in [1.29, 1.82) is 0 Å². The average molecular weight is 463 g/mol. The second-order valence-electron chi connectivity index (χ2n) is 10.4. The van der Waals surface area contributed by atoms with Crippen molar-refractivity contribution >= 4 is 11.8 Å². The quantitative estimate of drug-likeness (QED) is 0.533. The first-order valence-corrected chi connectivity index (χ1v) is 13.0. The number of carbonyl (C=O) groups excluding carboxylic acids is 1. The Labute approximate surface area is 204 Å². The third-order valence-electron chi connectivity index (χ3n) is 8.54. The number of amides is 1. The Morgan fingerprint density at radius 3 is 2.76 bits per heavy atom. The van der Waals surface area contributed by atoms with Gasteiger partial charge >= 0.3 is 6.09 Å². The SMILES string of the molecule is CCCN(C)c1cc2c(cc1OC)[C@@]13CCCC[C@H]1[C@@H](C2)N(C(=O)OCc1ccccc1)CC3. The monoisotopic (exact) mass is 462 g/mol. The fourth-order valence-corrected chi connectivity index (χ4v) is 6.98. The number of benzene rings is 2. The van der Waals surface area contributed by atoms with Crippen LogP contribution in [0.25, 0.3) is 0 Å². The first-order valence-electron chi connectivity index (χ1n) is 13.0. The van der Waals surface area contributed by atoms with Crippen molar-refractivity contribution in [3.05, 3.63) is 59.2 Å². The first kappa shape index (κ1) is 23.1. The van der Waals surface area contributed by atoms with E-state index in [1.165, 1.54) is 36.8 Å². The van der Waals surface area contributed by atoms with Crippen LogP contribution in [-0.4, -0.2) is 44.3 Å². The Hall–Kier alpha value is -2.69. The van der Waals surface area contributed by atoms with Gasteiger partial charge in [-0.1, -0.05) is 50.1 Å². The molecule has 2 fully saturated rings. The fourth-order valence-electron chi connectivity index (χ4n) is 6.98. The number of fused-ring (bicyclic) bond motifs is 1. The molecule has 1 aliphatic heterocycles. The number of anilines is 1. The van der Waals surface area contributed by atoms with Crippen molar-refractivity contribution in [1.82, 2.24) is 4.90 Å². The lowest BCUT2D eigenvalue weighted by atomic mass is 9.52. The third-order valence-corrected chi connectivity index (χ3v) is 8.54. The van der Waals surface area contributed by atoms with Crippen LogP contribution in [0.2, 0.25) is 0 Å². The van der Waals surface area contributed by atoms with E-state index in [0.717, 1.165) is 49.4 Å². The summed E-state index contributed by atoms with van der Waals surface area (Å²) in [5, 5.41) is 0. The van der Waals surface area contributed by atoms with E-state index in [1.54, 1.807) is 7.11 Å². The van der Waals surface area contributed by atoms with E-state index in [4.69, 9.17) is 9.47 Å². The normalized spacial score (nSPS) is 25.2. The molecule has 2 bridgehead atoms. The number of piperidine rings is 1. The molecule has 0 radical (unpaired) electrons. The van der Waals surface area contributed by atoms with Gasteiger partial charge in [0.25, 0.3) is 0 Å². The molecule has 2 aromatic rings. The average Bonchev–Trinajstić information content (AvgIpc) is 2.87. The Morgan fingerprint density at radius 2 is 2.00 bits per heavy atom. The minimum absolute atomic E-state index is 0.155. The molecule has 0 aromatic heterocycles. The summed E-state index contributed by atoms with van der Waals surface area (Å²) in [6.45, 7) is 4.30. The van der Waals surface area contributed by atoms with Crippen molar-refractivity contribution in [3.8, 4) is 5.75 Å². The van der Waals surface area contributed by atoms with Gasteiger partial charge in [-0.2, -0.15) is 0 Å². The molecule has 1 amide bonds. The van der Waals surface area contributed by atoms with Gasteiger partial charge in [-0.25, -0.2) is 4.79 Å². The largest absolute Gasteiger partial charge is 0.495 e. The molecule has 3 aliphatic rings. The molecule has 0 unspecified atom stereocenters. The lowest BCUT2D eigenvalue weighted by Crippen LogP contribution is -2.62. The van der Waals surface area contributed by atoms with Gasteiger partial charge in [0.2, 0.25) is 0 Å². The van der Waals surface area contributed by atoms with Crippen LogP contribution in [-0.2, 0) is 23.2 Å². The Kier molecular flexibility index (Phi) is 6.46. The Balaban J connectivity index is 1.46. The van der Waals surface area contributed by atoms with Gasteiger partial charge in [0.05, 0.1) is 12.8 Å². The van der Waals surface area contributed by atoms with Gasteiger partial charge in [0, 0.05) is 31.6 Å². The summed E-state index contributed by atoms with van der Waals surface area (Å²) in [5.41, 5.74) is 5.22. The molecule has 34 heavy (non-hydrogen) atoms. The topological polar surface area (TPSA) is 42.0 Å². The summed E-state index contributed by atoms with van der Waals surface area (Å²) in [5.74, 6) is 1.48. The van der Waals surface area contributed by atoms with Crippen molar-refractivity contribution in [2.75, 3.05) is 32.1 Å². The second-order valence-corrected chi connectivity index (χ2v) is 10.4. The van der Waals surface area contributed by atoms with Crippen LogP contribution >= 0.6 is 0 Å². The predicted octanol–water partition coefficient (Wildman–Crippen LogP) is 5.94. The lowest BCUT2D eigenvalue weighted by Gasteiger charge is -2.58. The van der Waals surface area contributed by atoms with Gasteiger partial charge in [-0.15, -0.1) is 0 Å². The zero-order chi connectivity index (χ0) is 23.7. The van der Waals surface area contributed by atoms with Crippen LogP contribution in [0.1, 0.15) is 62.1 Å². The maximum atomic E-state index is 13.3. The fraction of sp³-hybridized carbons (Fsp3) is 0.552. The molecule has 5 heteroatoms. The molecule has 182 valence electrons. The summed E-state index contributed by atoms with van der Waals surface area (Å²) in [6.07, 6.45) is 7.75. The highest BCUT2D eigenvalue weighted by molar-refractivity contribution is 5.70. The molecule has 2 aliphatic carbocycles. The Morgan fingerprint density at radius 1 is 1.18 bits per heavy atom. The number of carbonyl (C=O) groups is 1. The van der Waals surface area contributed by atoms with Crippen LogP contribution in [0.15, 0.2) is 42.5 Å². The van der Waals surface area contributed by atoms with Crippen LogP contribution in [0, 0.1) is 5.92 Å². The molecule has 1 saturated carbocycles. The summed E-state index contributed by atoms with van der Waals surface area (Å²) in [4.78, 5) is 17.6. The van der Waals surface area contributed by atoms with E-state index in [1.807, 2.05) is 30.3 Å². The molecule has 0 N–H and O–H groups in total. The lowest BCUT2D eigenvalue weighted by molar-refractivity contribution is -0.0137. The van der Waals surface area contributed by atoms with Crippen LogP contribution in [0.3, 0.4) is 0 Å². The highest BCUT2D eigenvalue weighted by Gasteiger charge is 2.55. The van der Waals surface area contributed by atoms with Crippen molar-refractivity contribution in [2.24, 2.45) is 5.92 Å². The number of ether oxygens (including phenoxy) is 2. The third kappa shape index (κ3) is 3.93. The maximum Gasteiger partial charge on any atom is 0.410 e. The van der Waals surface area contributed by atoms with E-state index in [-0.39, 0.29) is 17.6 Å². The van der Waals surface area contributed by atoms with Gasteiger partial charge in [-0.05, 0) is 66.8 Å². The molecule has 2 aromatic carbocycles. The van der Waals surface area contributed by atoms with Gasteiger partial charge in [-0.3, -0.25) is 0 Å². The molecule has 3 atom stereocenters. The predicted molar refractivity (Wildman–Crippen MR) is 136 cm³/mol. The van der Waals surface area contributed by atoms with Crippen molar-refractivity contribution in [3.63, 3.8) is 0 Å². The van der Waals surface area contributed by atoms with E-state index >= 15 is 0 Å². The molecule has 1 heterocycles. The summed E-state index contributed by atoms with van der Waals surface area (Å²) < 4.78 is 11.7. The molecular weight excluding hydrogens is 424 g/mol. The van der Waals surface area contributed by atoms with E-state index < -0.39 is 0 Å². The number of hydrogen-bond donors (Lipinski definition) is 0. The Bertz CT molecular complexity index is 1020.